The molecule has 20 heavy (non-hydrogen) atoms. The summed E-state index contributed by atoms with van der Waals surface area (Å²) in [6, 6.07) is 4.26. The molecule has 112 valence electrons. The number of likely N-dealkylation sites (N-methyl/N-ethyl adjacent to an activating group) is 1. The lowest BCUT2D eigenvalue weighted by molar-refractivity contribution is 0.185. The molecule has 5 nitrogen and oxygen atoms in total. The Morgan fingerprint density at radius 2 is 2.40 bits per heavy atom. The zero-order valence-corrected chi connectivity index (χ0v) is 12.9. The van der Waals surface area contributed by atoms with Crippen molar-refractivity contribution in [3.63, 3.8) is 0 Å². The van der Waals surface area contributed by atoms with E-state index in [-0.39, 0.29) is 12.1 Å². The number of nitrogens with zero attached hydrogens (tertiary/aromatic N) is 1. The number of urea groups is 1. The van der Waals surface area contributed by atoms with Gasteiger partial charge in [-0.05, 0) is 32.0 Å². The highest BCUT2D eigenvalue weighted by molar-refractivity contribution is 7.10. The molecule has 1 aromatic heterocycles. The Morgan fingerprint density at radius 1 is 1.55 bits per heavy atom. The smallest absolute Gasteiger partial charge is 0.314 e. The van der Waals surface area contributed by atoms with Crippen LogP contribution in [0.2, 0.25) is 0 Å². The number of thiophene rings is 1. The molecular weight excluding hydrogens is 274 g/mol. The Bertz CT molecular complexity index is 403. The number of rotatable bonds is 6. The minimum Gasteiger partial charge on any atom is -0.381 e. The van der Waals surface area contributed by atoms with E-state index in [0.29, 0.717) is 19.0 Å². The predicted octanol–water partition coefficient (Wildman–Crippen LogP) is 1.69. The summed E-state index contributed by atoms with van der Waals surface area (Å²) in [5.41, 5.74) is 0. The summed E-state index contributed by atoms with van der Waals surface area (Å²) in [5.74, 6) is 0.461. The summed E-state index contributed by atoms with van der Waals surface area (Å²) in [4.78, 5) is 15.2. The van der Waals surface area contributed by atoms with E-state index in [9.17, 15) is 4.79 Å². The number of carbonyl (C=O) groups excluding carboxylic acids is 1. The van der Waals surface area contributed by atoms with Gasteiger partial charge in [-0.2, -0.15) is 0 Å². The summed E-state index contributed by atoms with van der Waals surface area (Å²) in [6.45, 7) is 2.88. The predicted molar refractivity (Wildman–Crippen MR) is 81.1 cm³/mol. The molecule has 0 aromatic carbocycles. The average molecular weight is 297 g/mol. The highest BCUT2D eigenvalue weighted by atomic mass is 32.1. The van der Waals surface area contributed by atoms with Gasteiger partial charge in [0, 0.05) is 30.5 Å². The van der Waals surface area contributed by atoms with E-state index in [1.54, 1.807) is 11.3 Å². The first-order chi connectivity index (χ1) is 9.66. The molecule has 0 radical (unpaired) electrons. The second-order valence-electron chi connectivity index (χ2n) is 5.32. The van der Waals surface area contributed by atoms with Crippen LogP contribution in [-0.2, 0) is 4.74 Å². The summed E-state index contributed by atoms with van der Waals surface area (Å²) in [7, 11) is 4.06. The van der Waals surface area contributed by atoms with E-state index in [0.717, 1.165) is 19.6 Å². The quantitative estimate of drug-likeness (QED) is 0.840. The zero-order chi connectivity index (χ0) is 14.4. The summed E-state index contributed by atoms with van der Waals surface area (Å²) in [5, 5.41) is 7.93. The van der Waals surface area contributed by atoms with Crippen LogP contribution in [0.5, 0.6) is 0 Å². The fourth-order valence-corrected chi connectivity index (χ4v) is 3.17. The Morgan fingerprint density at radius 3 is 3.00 bits per heavy atom. The Hall–Kier alpha value is -1.11. The van der Waals surface area contributed by atoms with Crippen molar-refractivity contribution in [3.05, 3.63) is 22.4 Å². The van der Waals surface area contributed by atoms with Gasteiger partial charge in [-0.25, -0.2) is 4.79 Å². The van der Waals surface area contributed by atoms with Gasteiger partial charge >= 0.3 is 6.03 Å². The maximum Gasteiger partial charge on any atom is 0.314 e. The Balaban J connectivity index is 1.73. The molecule has 0 unspecified atom stereocenters. The van der Waals surface area contributed by atoms with Crippen LogP contribution in [0.4, 0.5) is 4.79 Å². The van der Waals surface area contributed by atoms with Gasteiger partial charge in [0.2, 0.25) is 0 Å². The third kappa shape index (κ3) is 4.47. The van der Waals surface area contributed by atoms with E-state index in [4.69, 9.17) is 4.74 Å². The van der Waals surface area contributed by atoms with Crippen molar-refractivity contribution < 1.29 is 9.53 Å². The molecule has 2 amide bonds. The fourth-order valence-electron chi connectivity index (χ4n) is 2.25. The summed E-state index contributed by atoms with van der Waals surface area (Å²) < 4.78 is 5.29. The van der Waals surface area contributed by atoms with Crippen molar-refractivity contribution >= 4 is 17.4 Å². The van der Waals surface area contributed by atoms with Crippen LogP contribution in [0.1, 0.15) is 17.3 Å². The molecule has 0 saturated carbocycles. The minimum atomic E-state index is -0.0969. The van der Waals surface area contributed by atoms with Crippen LogP contribution in [0.3, 0.4) is 0 Å². The highest BCUT2D eigenvalue weighted by Gasteiger charge is 2.18. The molecule has 1 aromatic rings. The largest absolute Gasteiger partial charge is 0.381 e. The first-order valence-corrected chi connectivity index (χ1v) is 7.84. The number of nitrogens with one attached hydrogen (secondary N) is 2. The van der Waals surface area contributed by atoms with Crippen molar-refractivity contribution in [3.8, 4) is 0 Å². The fraction of sp³-hybridized carbons (Fsp3) is 0.643. The first-order valence-electron chi connectivity index (χ1n) is 6.96. The molecule has 0 aliphatic carbocycles. The molecule has 1 aliphatic heterocycles. The van der Waals surface area contributed by atoms with E-state index >= 15 is 0 Å². The molecule has 6 heteroatoms. The van der Waals surface area contributed by atoms with Crippen LogP contribution >= 0.6 is 11.3 Å². The Kier molecular flexibility index (Phi) is 5.82. The minimum absolute atomic E-state index is 0.0969. The second-order valence-corrected chi connectivity index (χ2v) is 6.29. The number of amides is 2. The normalized spacial score (nSPS) is 20.1. The van der Waals surface area contributed by atoms with Gasteiger partial charge in [0.1, 0.15) is 0 Å². The number of hydrogen-bond donors (Lipinski definition) is 2. The lowest BCUT2D eigenvalue weighted by atomic mass is 10.1. The lowest BCUT2D eigenvalue weighted by Crippen LogP contribution is -2.42. The molecule has 2 rings (SSSR count). The third-order valence-electron chi connectivity index (χ3n) is 3.53. The molecule has 1 aliphatic rings. The average Bonchev–Trinajstić information content (AvgIpc) is 3.09. The van der Waals surface area contributed by atoms with Crippen LogP contribution < -0.4 is 10.6 Å². The van der Waals surface area contributed by atoms with Crippen LogP contribution in [-0.4, -0.2) is 51.3 Å². The molecule has 0 bridgehead atoms. The lowest BCUT2D eigenvalue weighted by Gasteiger charge is -2.23. The topological polar surface area (TPSA) is 53.6 Å². The van der Waals surface area contributed by atoms with Crippen LogP contribution in [0.15, 0.2) is 17.5 Å². The van der Waals surface area contributed by atoms with Crippen molar-refractivity contribution in [2.75, 3.05) is 40.4 Å². The van der Waals surface area contributed by atoms with Gasteiger partial charge in [-0.15, -0.1) is 11.3 Å². The van der Waals surface area contributed by atoms with E-state index < -0.39 is 0 Å². The maximum atomic E-state index is 11.8. The second kappa shape index (κ2) is 7.61. The van der Waals surface area contributed by atoms with Gasteiger partial charge in [0.25, 0.3) is 0 Å². The standard InChI is InChI=1S/C14H23N3O2S/c1-17(2)12(13-4-3-7-20-13)9-16-14(18)15-8-11-5-6-19-10-11/h3-4,7,11-12H,5-6,8-10H2,1-2H3,(H2,15,16,18)/t11-,12-/m1/s1. The van der Waals surface area contributed by atoms with Crippen molar-refractivity contribution in [2.45, 2.75) is 12.5 Å². The summed E-state index contributed by atoms with van der Waals surface area (Å²) in [6.07, 6.45) is 1.04. The molecule has 2 heterocycles. The highest BCUT2D eigenvalue weighted by Crippen LogP contribution is 2.22. The van der Waals surface area contributed by atoms with Crippen molar-refractivity contribution in [1.82, 2.24) is 15.5 Å². The van der Waals surface area contributed by atoms with Gasteiger partial charge in [-0.1, -0.05) is 6.07 Å². The van der Waals surface area contributed by atoms with Crippen molar-refractivity contribution in [1.29, 1.82) is 0 Å². The van der Waals surface area contributed by atoms with Gasteiger partial charge in [0.15, 0.2) is 0 Å². The van der Waals surface area contributed by atoms with Crippen LogP contribution in [0.25, 0.3) is 0 Å². The molecule has 0 spiro atoms. The Labute approximate surface area is 124 Å². The van der Waals surface area contributed by atoms with E-state index in [1.807, 2.05) is 20.2 Å². The monoisotopic (exact) mass is 297 g/mol. The number of ether oxygens (including phenoxy) is 1. The van der Waals surface area contributed by atoms with Gasteiger partial charge < -0.3 is 20.3 Å². The molecule has 1 saturated heterocycles. The first kappa shape index (κ1) is 15.3. The SMILES string of the molecule is CN(C)[C@H](CNC(=O)NC[C@H]1CCOC1)c1cccs1. The maximum absolute atomic E-state index is 11.8. The van der Waals surface area contributed by atoms with Crippen LogP contribution in [0, 0.1) is 5.92 Å². The molecule has 2 atom stereocenters. The summed E-state index contributed by atoms with van der Waals surface area (Å²) >= 11 is 1.71. The molecular formula is C14H23N3O2S. The number of carbonyl (C=O) groups is 1. The third-order valence-corrected chi connectivity index (χ3v) is 4.50. The molecule has 2 N–H and O–H groups in total. The van der Waals surface area contributed by atoms with Crippen molar-refractivity contribution in [2.24, 2.45) is 5.92 Å². The van der Waals surface area contributed by atoms with E-state index in [1.165, 1.54) is 4.88 Å². The van der Waals surface area contributed by atoms with Gasteiger partial charge in [0.05, 0.1) is 12.6 Å². The molecule has 1 fully saturated rings. The van der Waals surface area contributed by atoms with E-state index in [2.05, 4.69) is 27.0 Å². The number of hydrogen-bond acceptors (Lipinski definition) is 4. The zero-order valence-electron chi connectivity index (χ0n) is 12.1. The van der Waals surface area contributed by atoms with Gasteiger partial charge in [-0.3, -0.25) is 0 Å².